The maximum Gasteiger partial charge on any atom is 0.0873 e. The fourth-order valence-corrected chi connectivity index (χ4v) is 1.84. The Hall–Kier alpha value is -0.0400. The van der Waals surface area contributed by atoms with Gasteiger partial charge in [-0.05, 0) is 12.8 Å². The van der Waals surface area contributed by atoms with E-state index in [1.54, 1.807) is 0 Å². The average Bonchev–Trinajstić information content (AvgIpc) is 1.87. The van der Waals surface area contributed by atoms with Gasteiger partial charge in [-0.25, -0.2) is 0 Å². The Labute approximate surface area is 56.4 Å². The summed E-state index contributed by atoms with van der Waals surface area (Å²) in [6.07, 6.45) is 8.02. The van der Waals surface area contributed by atoms with Crippen LogP contribution < -0.4 is 0 Å². The van der Waals surface area contributed by atoms with Crippen LogP contribution in [0.15, 0.2) is 0 Å². The molecule has 0 aromatic heterocycles. The molecule has 2 rings (SSSR count). The minimum absolute atomic E-state index is 0.345. The first-order valence-corrected chi connectivity index (χ1v) is 3.91. The van der Waals surface area contributed by atoms with Crippen LogP contribution in [0.5, 0.6) is 0 Å². The summed E-state index contributed by atoms with van der Waals surface area (Å²) in [6.45, 7) is 1.95. The van der Waals surface area contributed by atoms with E-state index in [4.69, 9.17) is 4.74 Å². The van der Waals surface area contributed by atoms with Crippen molar-refractivity contribution in [3.63, 3.8) is 0 Å². The van der Waals surface area contributed by atoms with Crippen LogP contribution in [0, 0.1) is 6.61 Å². The van der Waals surface area contributed by atoms with Crippen LogP contribution in [0.25, 0.3) is 0 Å². The van der Waals surface area contributed by atoms with Gasteiger partial charge in [0.15, 0.2) is 0 Å². The molecule has 0 aromatic carbocycles. The van der Waals surface area contributed by atoms with Gasteiger partial charge in [0.25, 0.3) is 0 Å². The van der Waals surface area contributed by atoms with Gasteiger partial charge < -0.3 is 4.74 Å². The molecule has 0 amide bonds. The van der Waals surface area contributed by atoms with Crippen LogP contribution in [0.1, 0.15) is 38.5 Å². The zero-order valence-electron chi connectivity index (χ0n) is 5.73. The average molecular weight is 125 g/mol. The molecule has 2 aliphatic rings. The second kappa shape index (κ2) is 1.98. The lowest BCUT2D eigenvalue weighted by Gasteiger charge is -2.44. The lowest BCUT2D eigenvalue weighted by atomic mass is 9.79. The zero-order chi connectivity index (χ0) is 6.16. The molecule has 9 heavy (non-hydrogen) atoms. The summed E-state index contributed by atoms with van der Waals surface area (Å²) in [5.41, 5.74) is 0.345. The summed E-state index contributed by atoms with van der Waals surface area (Å²) in [4.78, 5) is 0. The molecule has 1 saturated carbocycles. The van der Waals surface area contributed by atoms with Crippen LogP contribution in [0.2, 0.25) is 0 Å². The van der Waals surface area contributed by atoms with E-state index in [0.29, 0.717) is 5.60 Å². The Balaban J connectivity index is 1.93. The maximum atomic E-state index is 5.43. The Kier molecular flexibility index (Phi) is 1.26. The second-order valence-corrected chi connectivity index (χ2v) is 3.23. The molecule has 0 aromatic rings. The highest BCUT2D eigenvalue weighted by atomic mass is 16.5. The van der Waals surface area contributed by atoms with Gasteiger partial charge in [-0.1, -0.05) is 19.3 Å². The van der Waals surface area contributed by atoms with Crippen LogP contribution >= 0.6 is 0 Å². The van der Waals surface area contributed by atoms with Crippen molar-refractivity contribution in [1.82, 2.24) is 0 Å². The zero-order valence-corrected chi connectivity index (χ0v) is 5.73. The third-order valence-electron chi connectivity index (χ3n) is 2.55. The summed E-state index contributed by atoms with van der Waals surface area (Å²) < 4.78 is 5.43. The molecule has 0 N–H and O–H groups in total. The molecule has 1 aliphatic heterocycles. The molecule has 0 bridgehead atoms. The Bertz CT molecular complexity index is 97.1. The number of ether oxygens (including phenoxy) is 1. The SMILES string of the molecule is [CH]1CC2(CCCCC2)O1. The van der Waals surface area contributed by atoms with E-state index >= 15 is 0 Å². The molecule has 1 aliphatic carbocycles. The van der Waals surface area contributed by atoms with Gasteiger partial charge in [-0.3, -0.25) is 0 Å². The standard InChI is InChI=1S/C8H13O/c1-2-4-8(5-3-1)6-7-9-8/h7H,1-6H2. The lowest BCUT2D eigenvalue weighted by molar-refractivity contribution is -0.119. The van der Waals surface area contributed by atoms with Gasteiger partial charge in [0.05, 0.1) is 12.2 Å². The molecule has 1 spiro atoms. The summed E-state index contributed by atoms with van der Waals surface area (Å²) in [5, 5.41) is 0. The molecule has 51 valence electrons. The summed E-state index contributed by atoms with van der Waals surface area (Å²) in [5.74, 6) is 0. The van der Waals surface area contributed by atoms with Crippen molar-refractivity contribution in [2.45, 2.75) is 44.1 Å². The fraction of sp³-hybridized carbons (Fsp3) is 0.875. The van der Waals surface area contributed by atoms with Crippen LogP contribution in [0.4, 0.5) is 0 Å². The Morgan fingerprint density at radius 1 is 1.11 bits per heavy atom. The van der Waals surface area contributed by atoms with Crippen molar-refractivity contribution in [2.24, 2.45) is 0 Å². The van der Waals surface area contributed by atoms with Gasteiger partial charge >= 0.3 is 0 Å². The summed E-state index contributed by atoms with van der Waals surface area (Å²) >= 11 is 0. The van der Waals surface area contributed by atoms with E-state index in [0.717, 1.165) is 0 Å². The summed E-state index contributed by atoms with van der Waals surface area (Å²) in [6, 6.07) is 0. The normalized spacial score (nSPS) is 32.0. The van der Waals surface area contributed by atoms with E-state index in [-0.39, 0.29) is 0 Å². The van der Waals surface area contributed by atoms with E-state index in [1.165, 1.54) is 38.5 Å². The Morgan fingerprint density at radius 2 is 1.78 bits per heavy atom. The molecule has 2 fully saturated rings. The largest absolute Gasteiger partial charge is 0.369 e. The highest BCUT2D eigenvalue weighted by Gasteiger charge is 2.39. The number of rotatable bonds is 0. The minimum Gasteiger partial charge on any atom is -0.369 e. The first-order chi connectivity index (χ1) is 4.41. The molecular weight excluding hydrogens is 112 g/mol. The molecule has 1 nitrogen and oxygen atoms in total. The predicted octanol–water partition coefficient (Wildman–Crippen LogP) is 2.27. The van der Waals surface area contributed by atoms with Gasteiger partial charge in [0.1, 0.15) is 0 Å². The number of hydrogen-bond donors (Lipinski definition) is 0. The minimum atomic E-state index is 0.345. The third kappa shape index (κ3) is 0.877. The van der Waals surface area contributed by atoms with Crippen LogP contribution in [0.3, 0.4) is 0 Å². The van der Waals surface area contributed by atoms with Gasteiger partial charge in [0.2, 0.25) is 0 Å². The third-order valence-corrected chi connectivity index (χ3v) is 2.55. The second-order valence-electron chi connectivity index (χ2n) is 3.23. The number of hydrogen-bond acceptors (Lipinski definition) is 1. The van der Waals surface area contributed by atoms with Gasteiger partial charge in [0, 0.05) is 6.42 Å². The summed E-state index contributed by atoms with van der Waals surface area (Å²) in [7, 11) is 0. The molecule has 0 atom stereocenters. The van der Waals surface area contributed by atoms with Gasteiger partial charge in [-0.15, -0.1) is 0 Å². The quantitative estimate of drug-likeness (QED) is 0.482. The molecule has 0 unspecified atom stereocenters. The van der Waals surface area contributed by atoms with E-state index in [9.17, 15) is 0 Å². The highest BCUT2D eigenvalue weighted by Crippen LogP contribution is 2.42. The van der Waals surface area contributed by atoms with Crippen LogP contribution in [-0.2, 0) is 4.74 Å². The Morgan fingerprint density at radius 3 is 2.11 bits per heavy atom. The molecule has 1 radical (unpaired) electrons. The van der Waals surface area contributed by atoms with Crippen molar-refractivity contribution >= 4 is 0 Å². The molecule has 1 heteroatoms. The van der Waals surface area contributed by atoms with Crippen molar-refractivity contribution in [3.8, 4) is 0 Å². The smallest absolute Gasteiger partial charge is 0.0873 e. The van der Waals surface area contributed by atoms with E-state index in [2.05, 4.69) is 0 Å². The van der Waals surface area contributed by atoms with E-state index in [1.807, 2.05) is 6.61 Å². The van der Waals surface area contributed by atoms with Crippen molar-refractivity contribution in [1.29, 1.82) is 0 Å². The lowest BCUT2D eigenvalue weighted by Crippen LogP contribution is -2.42. The monoisotopic (exact) mass is 125 g/mol. The van der Waals surface area contributed by atoms with Crippen molar-refractivity contribution in [3.05, 3.63) is 6.61 Å². The van der Waals surface area contributed by atoms with Crippen molar-refractivity contribution < 1.29 is 4.74 Å². The fourth-order valence-electron chi connectivity index (χ4n) is 1.84. The molecule has 1 heterocycles. The highest BCUT2D eigenvalue weighted by molar-refractivity contribution is 4.94. The molecular formula is C8H13O. The van der Waals surface area contributed by atoms with E-state index < -0.39 is 0 Å². The first-order valence-electron chi connectivity index (χ1n) is 3.91. The van der Waals surface area contributed by atoms with Crippen molar-refractivity contribution in [2.75, 3.05) is 0 Å². The topological polar surface area (TPSA) is 9.23 Å². The molecule has 1 saturated heterocycles. The predicted molar refractivity (Wildman–Crippen MR) is 35.8 cm³/mol. The first kappa shape index (κ1) is 5.72. The van der Waals surface area contributed by atoms with Crippen LogP contribution in [-0.4, -0.2) is 5.60 Å². The van der Waals surface area contributed by atoms with Gasteiger partial charge in [-0.2, -0.15) is 0 Å². The maximum absolute atomic E-state index is 5.43.